The van der Waals surface area contributed by atoms with Crippen LogP contribution in [0.25, 0.3) is 0 Å². The van der Waals surface area contributed by atoms with Gasteiger partial charge in [-0.2, -0.15) is 0 Å². The molecule has 1 aromatic rings. The first-order chi connectivity index (χ1) is 9.45. The van der Waals surface area contributed by atoms with Crippen molar-refractivity contribution in [3.63, 3.8) is 0 Å². The molecule has 0 unspecified atom stereocenters. The standard InChI is InChI=1S/C13H18N2O5/c16-8-2-1-4-13(8)6-7(10(18)11(13)19)15-5-3-9(17)14-12(15)20/h3,5,7-8,10-11,16,18-19H,1-2,4,6H2,(H,14,17,20)/t7-,8-,10+,11+,13-/m1/s1. The van der Waals surface area contributed by atoms with Crippen molar-refractivity contribution in [1.82, 2.24) is 9.55 Å². The maximum Gasteiger partial charge on any atom is 0.328 e. The van der Waals surface area contributed by atoms with Crippen molar-refractivity contribution >= 4 is 0 Å². The van der Waals surface area contributed by atoms with Gasteiger partial charge in [-0.3, -0.25) is 14.3 Å². The summed E-state index contributed by atoms with van der Waals surface area (Å²) in [4.78, 5) is 25.0. The second kappa shape index (κ2) is 4.54. The molecular formula is C13H18N2O5. The monoisotopic (exact) mass is 282 g/mol. The zero-order chi connectivity index (χ0) is 14.5. The molecule has 7 nitrogen and oxygen atoms in total. The molecule has 1 spiro atoms. The Morgan fingerprint density at radius 3 is 2.65 bits per heavy atom. The van der Waals surface area contributed by atoms with Crippen LogP contribution < -0.4 is 11.2 Å². The number of aliphatic hydroxyl groups excluding tert-OH is 3. The third-order valence-corrected chi connectivity index (χ3v) is 4.89. The highest BCUT2D eigenvalue weighted by atomic mass is 16.3. The Bertz CT molecular complexity index is 624. The first kappa shape index (κ1) is 13.5. The van der Waals surface area contributed by atoms with Crippen LogP contribution in [-0.2, 0) is 0 Å². The normalized spacial score (nSPS) is 40.5. The molecule has 0 radical (unpaired) electrons. The van der Waals surface area contributed by atoms with Crippen molar-refractivity contribution < 1.29 is 15.3 Å². The molecule has 1 aromatic heterocycles. The molecule has 0 aromatic carbocycles. The molecular weight excluding hydrogens is 264 g/mol. The van der Waals surface area contributed by atoms with Crippen molar-refractivity contribution in [2.75, 3.05) is 0 Å². The highest BCUT2D eigenvalue weighted by molar-refractivity contribution is 5.10. The number of aromatic nitrogens is 2. The number of aliphatic hydroxyl groups is 3. The lowest BCUT2D eigenvalue weighted by Crippen LogP contribution is -2.42. The summed E-state index contributed by atoms with van der Waals surface area (Å²) in [7, 11) is 0. The second-order valence-electron chi connectivity index (χ2n) is 5.87. The SMILES string of the molecule is O=c1ccn([C@@H]2C[C@@]3(CCC[C@H]3O)[C@@H](O)[C@H]2O)c(=O)[nH]1. The lowest BCUT2D eigenvalue weighted by molar-refractivity contribution is -0.0695. The minimum Gasteiger partial charge on any atom is -0.392 e. The Hall–Kier alpha value is -1.44. The molecule has 1 heterocycles. The van der Waals surface area contributed by atoms with E-state index in [2.05, 4.69) is 4.98 Å². The van der Waals surface area contributed by atoms with Gasteiger partial charge < -0.3 is 15.3 Å². The summed E-state index contributed by atoms with van der Waals surface area (Å²) in [6, 6.07) is 0.568. The van der Waals surface area contributed by atoms with E-state index in [0.29, 0.717) is 19.3 Å². The fourth-order valence-corrected chi connectivity index (χ4v) is 3.79. The van der Waals surface area contributed by atoms with Crippen LogP contribution in [0.4, 0.5) is 0 Å². The van der Waals surface area contributed by atoms with Crippen molar-refractivity contribution in [2.24, 2.45) is 5.41 Å². The molecule has 2 saturated carbocycles. The summed E-state index contributed by atoms with van der Waals surface area (Å²) < 4.78 is 1.23. The van der Waals surface area contributed by atoms with E-state index in [1.54, 1.807) is 0 Å². The van der Waals surface area contributed by atoms with Crippen LogP contribution >= 0.6 is 0 Å². The summed E-state index contributed by atoms with van der Waals surface area (Å²) in [5.74, 6) is 0. The van der Waals surface area contributed by atoms with Crippen LogP contribution in [0.15, 0.2) is 21.9 Å². The maximum atomic E-state index is 11.8. The minimum atomic E-state index is -1.13. The number of rotatable bonds is 1. The molecule has 7 heteroatoms. The summed E-state index contributed by atoms with van der Waals surface area (Å²) in [5, 5.41) is 30.7. The maximum absolute atomic E-state index is 11.8. The predicted molar refractivity (Wildman–Crippen MR) is 69.3 cm³/mol. The van der Waals surface area contributed by atoms with Gasteiger partial charge in [0.1, 0.15) is 6.10 Å². The Morgan fingerprint density at radius 2 is 2.05 bits per heavy atom. The van der Waals surface area contributed by atoms with E-state index >= 15 is 0 Å². The highest BCUT2D eigenvalue weighted by Gasteiger charge is 2.58. The van der Waals surface area contributed by atoms with E-state index in [1.807, 2.05) is 0 Å². The third kappa shape index (κ3) is 1.77. The van der Waals surface area contributed by atoms with E-state index in [9.17, 15) is 24.9 Å². The summed E-state index contributed by atoms with van der Waals surface area (Å²) in [6.07, 6.45) is 0.784. The van der Waals surface area contributed by atoms with Gasteiger partial charge in [-0.1, -0.05) is 6.42 Å². The van der Waals surface area contributed by atoms with Gasteiger partial charge in [-0.25, -0.2) is 4.79 Å². The lowest BCUT2D eigenvalue weighted by atomic mass is 9.80. The molecule has 0 amide bonds. The number of nitrogens with zero attached hydrogens (tertiary/aromatic N) is 1. The van der Waals surface area contributed by atoms with Crippen LogP contribution in [0.2, 0.25) is 0 Å². The molecule has 2 aliphatic rings. The largest absolute Gasteiger partial charge is 0.392 e. The lowest BCUT2D eigenvalue weighted by Gasteiger charge is -2.31. The third-order valence-electron chi connectivity index (χ3n) is 4.89. The first-order valence-electron chi connectivity index (χ1n) is 6.81. The van der Waals surface area contributed by atoms with Crippen LogP contribution in [0.3, 0.4) is 0 Å². The van der Waals surface area contributed by atoms with Crippen molar-refractivity contribution in [2.45, 2.75) is 50.0 Å². The topological polar surface area (TPSA) is 116 Å². The fraction of sp³-hybridized carbons (Fsp3) is 0.692. The van der Waals surface area contributed by atoms with Gasteiger partial charge in [0.05, 0.1) is 18.2 Å². The van der Waals surface area contributed by atoms with E-state index in [0.717, 1.165) is 6.42 Å². The summed E-state index contributed by atoms with van der Waals surface area (Å²) in [5.41, 5.74) is -1.87. The molecule has 0 bridgehead atoms. The predicted octanol–water partition coefficient (Wildman–Crippen LogP) is -1.27. The molecule has 0 aliphatic heterocycles. The Morgan fingerprint density at radius 1 is 1.30 bits per heavy atom. The number of nitrogens with one attached hydrogen (secondary N) is 1. The zero-order valence-electron chi connectivity index (χ0n) is 10.9. The summed E-state index contributed by atoms with van der Waals surface area (Å²) >= 11 is 0. The van der Waals surface area contributed by atoms with Crippen molar-refractivity contribution in [1.29, 1.82) is 0 Å². The molecule has 2 fully saturated rings. The highest BCUT2D eigenvalue weighted by Crippen LogP contribution is 2.53. The van der Waals surface area contributed by atoms with Gasteiger partial charge in [-0.05, 0) is 19.3 Å². The van der Waals surface area contributed by atoms with Gasteiger partial charge in [-0.15, -0.1) is 0 Å². The number of aromatic amines is 1. The van der Waals surface area contributed by atoms with Gasteiger partial charge in [0, 0.05) is 17.7 Å². The van der Waals surface area contributed by atoms with E-state index in [1.165, 1.54) is 16.8 Å². The Balaban J connectivity index is 2.00. The van der Waals surface area contributed by atoms with Gasteiger partial charge in [0.15, 0.2) is 0 Å². The van der Waals surface area contributed by atoms with Gasteiger partial charge in [0.2, 0.25) is 0 Å². The average molecular weight is 282 g/mol. The summed E-state index contributed by atoms with van der Waals surface area (Å²) in [6.45, 7) is 0. The van der Waals surface area contributed by atoms with Crippen LogP contribution in [0.1, 0.15) is 31.7 Å². The van der Waals surface area contributed by atoms with Gasteiger partial charge >= 0.3 is 5.69 Å². The zero-order valence-corrected chi connectivity index (χ0v) is 10.9. The molecule has 5 atom stereocenters. The first-order valence-corrected chi connectivity index (χ1v) is 6.81. The molecule has 3 rings (SSSR count). The molecule has 20 heavy (non-hydrogen) atoms. The fourth-order valence-electron chi connectivity index (χ4n) is 3.79. The average Bonchev–Trinajstić information content (AvgIpc) is 2.88. The molecule has 0 saturated heterocycles. The van der Waals surface area contributed by atoms with E-state index < -0.39 is 41.0 Å². The number of hydrogen-bond acceptors (Lipinski definition) is 5. The van der Waals surface area contributed by atoms with Crippen LogP contribution in [0.5, 0.6) is 0 Å². The van der Waals surface area contributed by atoms with E-state index in [-0.39, 0.29) is 0 Å². The number of hydrogen-bond donors (Lipinski definition) is 4. The minimum absolute atomic E-state index is 0.322. The second-order valence-corrected chi connectivity index (χ2v) is 5.87. The number of H-pyrrole nitrogens is 1. The Labute approximate surface area is 114 Å². The van der Waals surface area contributed by atoms with Crippen molar-refractivity contribution in [3.8, 4) is 0 Å². The van der Waals surface area contributed by atoms with E-state index in [4.69, 9.17) is 0 Å². The Kier molecular flexibility index (Phi) is 3.07. The van der Waals surface area contributed by atoms with Crippen molar-refractivity contribution in [3.05, 3.63) is 33.1 Å². The van der Waals surface area contributed by atoms with Gasteiger partial charge in [0.25, 0.3) is 5.56 Å². The van der Waals surface area contributed by atoms with Crippen LogP contribution in [-0.4, -0.2) is 43.2 Å². The molecule has 2 aliphatic carbocycles. The molecule has 4 N–H and O–H groups in total. The van der Waals surface area contributed by atoms with Crippen LogP contribution in [0, 0.1) is 5.41 Å². The quantitative estimate of drug-likeness (QED) is 0.513. The molecule has 110 valence electrons. The smallest absolute Gasteiger partial charge is 0.328 e.